The predicted molar refractivity (Wildman–Crippen MR) is 94.1 cm³/mol. The van der Waals surface area contributed by atoms with Crippen molar-refractivity contribution >= 4 is 10.9 Å². The van der Waals surface area contributed by atoms with Crippen molar-refractivity contribution in [2.45, 2.75) is 25.3 Å². The highest BCUT2D eigenvalue weighted by Gasteiger charge is 2.23. The monoisotopic (exact) mass is 306 g/mol. The van der Waals surface area contributed by atoms with Crippen molar-refractivity contribution in [2.75, 3.05) is 13.7 Å². The summed E-state index contributed by atoms with van der Waals surface area (Å²) >= 11 is 0. The van der Waals surface area contributed by atoms with Gasteiger partial charge in [-0.25, -0.2) is 0 Å². The number of hydrogen-bond donors (Lipinski definition) is 2. The molecule has 3 aromatic rings. The number of fused-ring (bicyclic) bond motifs is 3. The van der Waals surface area contributed by atoms with E-state index < -0.39 is 0 Å². The van der Waals surface area contributed by atoms with Crippen molar-refractivity contribution in [1.29, 1.82) is 0 Å². The van der Waals surface area contributed by atoms with Gasteiger partial charge in [0.25, 0.3) is 0 Å². The molecule has 0 saturated carbocycles. The Labute approximate surface area is 136 Å². The van der Waals surface area contributed by atoms with E-state index in [4.69, 9.17) is 4.74 Å². The highest BCUT2D eigenvalue weighted by molar-refractivity contribution is 5.86. The van der Waals surface area contributed by atoms with Gasteiger partial charge in [-0.1, -0.05) is 30.3 Å². The Balaban J connectivity index is 1.62. The van der Waals surface area contributed by atoms with Gasteiger partial charge in [0.15, 0.2) is 0 Å². The minimum atomic E-state index is 0.400. The van der Waals surface area contributed by atoms with E-state index in [2.05, 4.69) is 58.8 Å². The summed E-state index contributed by atoms with van der Waals surface area (Å²) in [4.78, 5) is 3.63. The van der Waals surface area contributed by atoms with Crippen LogP contribution < -0.4 is 10.1 Å². The molecule has 0 fully saturated rings. The van der Waals surface area contributed by atoms with Crippen molar-refractivity contribution in [2.24, 2.45) is 0 Å². The van der Waals surface area contributed by atoms with Gasteiger partial charge in [-0.15, -0.1) is 0 Å². The number of hydrogen-bond acceptors (Lipinski definition) is 2. The zero-order valence-electron chi connectivity index (χ0n) is 13.4. The Morgan fingerprint density at radius 1 is 1.13 bits per heavy atom. The van der Waals surface area contributed by atoms with Crippen LogP contribution in [0, 0.1) is 0 Å². The van der Waals surface area contributed by atoms with Crippen LogP contribution in [-0.4, -0.2) is 18.6 Å². The lowest BCUT2D eigenvalue weighted by Gasteiger charge is -2.24. The molecule has 2 N–H and O–H groups in total. The van der Waals surface area contributed by atoms with Crippen LogP contribution in [0.5, 0.6) is 5.75 Å². The first-order valence-electron chi connectivity index (χ1n) is 8.31. The number of methoxy groups -OCH3 is 1. The average Bonchev–Trinajstić information content (AvgIpc) is 2.99. The van der Waals surface area contributed by atoms with Gasteiger partial charge >= 0.3 is 0 Å². The fraction of sp³-hybridized carbons (Fsp3) is 0.300. The van der Waals surface area contributed by atoms with E-state index in [0.29, 0.717) is 6.04 Å². The van der Waals surface area contributed by atoms with Crippen molar-refractivity contribution in [3.63, 3.8) is 0 Å². The van der Waals surface area contributed by atoms with Gasteiger partial charge < -0.3 is 15.0 Å². The summed E-state index contributed by atoms with van der Waals surface area (Å²) in [5.74, 6) is 0.907. The second-order valence-electron chi connectivity index (χ2n) is 6.21. The largest absolute Gasteiger partial charge is 0.497 e. The fourth-order valence-electron chi connectivity index (χ4n) is 3.62. The summed E-state index contributed by atoms with van der Waals surface area (Å²) in [7, 11) is 1.72. The van der Waals surface area contributed by atoms with Gasteiger partial charge in [-0.05, 0) is 49.1 Å². The molecule has 3 heteroatoms. The first kappa shape index (κ1) is 14.3. The lowest BCUT2D eigenvalue weighted by atomic mass is 9.95. The van der Waals surface area contributed by atoms with Gasteiger partial charge in [0, 0.05) is 28.7 Å². The number of aryl methyl sites for hydroxylation is 1. The molecule has 4 rings (SSSR count). The standard InChI is InChI=1S/C20H22N2O/c1-23-15-8-9-16-17-11-12-21-18(20(17)22-19(16)13-15)10-7-14-5-3-2-4-6-14/h2-6,8-9,13,18,21-22H,7,10-12H2,1H3. The second-order valence-corrected chi connectivity index (χ2v) is 6.21. The van der Waals surface area contributed by atoms with Gasteiger partial charge in [0.1, 0.15) is 5.75 Å². The number of benzene rings is 2. The molecule has 3 nitrogen and oxygen atoms in total. The summed E-state index contributed by atoms with van der Waals surface area (Å²) in [5.41, 5.74) is 5.41. The summed E-state index contributed by atoms with van der Waals surface area (Å²) < 4.78 is 5.35. The topological polar surface area (TPSA) is 37.0 Å². The summed E-state index contributed by atoms with van der Waals surface area (Å²) in [6.07, 6.45) is 3.29. The lowest BCUT2D eigenvalue weighted by molar-refractivity contribution is 0.415. The SMILES string of the molecule is COc1ccc2c3c([nH]c2c1)C(CCc1ccccc1)NCC3. The molecule has 118 valence electrons. The molecule has 1 aromatic heterocycles. The Kier molecular flexibility index (Phi) is 3.80. The molecule has 23 heavy (non-hydrogen) atoms. The molecule has 1 atom stereocenters. The lowest BCUT2D eigenvalue weighted by Crippen LogP contribution is -2.30. The molecular weight excluding hydrogens is 284 g/mol. The fourth-order valence-corrected chi connectivity index (χ4v) is 3.62. The number of aromatic nitrogens is 1. The van der Waals surface area contributed by atoms with Crippen LogP contribution in [-0.2, 0) is 12.8 Å². The van der Waals surface area contributed by atoms with Crippen LogP contribution in [0.1, 0.15) is 29.3 Å². The highest BCUT2D eigenvalue weighted by atomic mass is 16.5. The molecule has 1 aliphatic heterocycles. The molecule has 1 aliphatic rings. The van der Waals surface area contributed by atoms with E-state index in [1.165, 1.54) is 27.7 Å². The van der Waals surface area contributed by atoms with Crippen molar-refractivity contribution in [3.05, 3.63) is 65.4 Å². The van der Waals surface area contributed by atoms with Crippen LogP contribution in [0.2, 0.25) is 0 Å². The van der Waals surface area contributed by atoms with E-state index in [0.717, 1.165) is 31.6 Å². The number of H-pyrrole nitrogens is 1. The van der Waals surface area contributed by atoms with E-state index in [-0.39, 0.29) is 0 Å². The summed E-state index contributed by atoms with van der Waals surface area (Å²) in [6, 6.07) is 17.5. The molecule has 2 heterocycles. The number of ether oxygens (including phenoxy) is 1. The maximum atomic E-state index is 5.35. The molecule has 0 radical (unpaired) electrons. The zero-order chi connectivity index (χ0) is 15.6. The normalized spacial score (nSPS) is 17.2. The molecule has 0 bridgehead atoms. The van der Waals surface area contributed by atoms with E-state index >= 15 is 0 Å². The van der Waals surface area contributed by atoms with Crippen LogP contribution in [0.3, 0.4) is 0 Å². The molecule has 1 unspecified atom stereocenters. The molecular formula is C20H22N2O. The first-order chi connectivity index (χ1) is 11.3. The Morgan fingerprint density at radius 3 is 2.83 bits per heavy atom. The van der Waals surface area contributed by atoms with Gasteiger partial charge in [0.05, 0.1) is 7.11 Å². The maximum Gasteiger partial charge on any atom is 0.120 e. The van der Waals surface area contributed by atoms with Crippen molar-refractivity contribution < 1.29 is 4.74 Å². The van der Waals surface area contributed by atoms with Crippen molar-refractivity contribution in [3.8, 4) is 5.75 Å². The summed E-state index contributed by atoms with van der Waals surface area (Å²) in [6.45, 7) is 1.05. The van der Waals surface area contributed by atoms with E-state index in [9.17, 15) is 0 Å². The third-order valence-corrected chi connectivity index (χ3v) is 4.83. The third-order valence-electron chi connectivity index (χ3n) is 4.83. The first-order valence-corrected chi connectivity index (χ1v) is 8.31. The molecule has 0 saturated heterocycles. The van der Waals surface area contributed by atoms with Crippen LogP contribution in [0.25, 0.3) is 10.9 Å². The molecule has 0 aliphatic carbocycles. The maximum absolute atomic E-state index is 5.35. The van der Waals surface area contributed by atoms with Gasteiger partial charge in [-0.3, -0.25) is 0 Å². The smallest absolute Gasteiger partial charge is 0.120 e. The Hall–Kier alpha value is -2.26. The quantitative estimate of drug-likeness (QED) is 0.764. The molecule has 0 amide bonds. The van der Waals surface area contributed by atoms with Crippen molar-refractivity contribution in [1.82, 2.24) is 10.3 Å². The summed E-state index contributed by atoms with van der Waals surface area (Å²) in [5, 5.41) is 5.01. The minimum Gasteiger partial charge on any atom is -0.497 e. The van der Waals surface area contributed by atoms with Gasteiger partial charge in [-0.2, -0.15) is 0 Å². The minimum absolute atomic E-state index is 0.400. The Bertz CT molecular complexity index is 807. The zero-order valence-corrected chi connectivity index (χ0v) is 13.4. The van der Waals surface area contributed by atoms with Gasteiger partial charge in [0.2, 0.25) is 0 Å². The number of aromatic amines is 1. The predicted octanol–water partition coefficient (Wildman–Crippen LogP) is 4.00. The molecule has 2 aromatic carbocycles. The van der Waals surface area contributed by atoms with Crippen LogP contribution in [0.4, 0.5) is 0 Å². The van der Waals surface area contributed by atoms with Crippen LogP contribution >= 0.6 is 0 Å². The number of nitrogens with one attached hydrogen (secondary N) is 2. The van der Waals surface area contributed by atoms with E-state index in [1.54, 1.807) is 7.11 Å². The second kappa shape index (κ2) is 6.09. The third kappa shape index (κ3) is 2.73. The average molecular weight is 306 g/mol. The van der Waals surface area contributed by atoms with Crippen LogP contribution in [0.15, 0.2) is 48.5 Å². The Morgan fingerprint density at radius 2 is 2.00 bits per heavy atom. The van der Waals surface area contributed by atoms with E-state index in [1.807, 2.05) is 0 Å². The molecule has 0 spiro atoms. The number of rotatable bonds is 4. The highest BCUT2D eigenvalue weighted by Crippen LogP contribution is 2.33.